The van der Waals surface area contributed by atoms with Crippen LogP contribution in [0.3, 0.4) is 0 Å². The van der Waals surface area contributed by atoms with Gasteiger partial charge in [0, 0.05) is 35.7 Å². The molecule has 2 rings (SSSR count). The van der Waals surface area contributed by atoms with E-state index in [2.05, 4.69) is 15.0 Å². The zero-order valence-electron chi connectivity index (χ0n) is 11.9. The molecule has 0 aromatic carbocycles. The normalized spacial score (nSPS) is 11.7. The summed E-state index contributed by atoms with van der Waals surface area (Å²) in [7, 11) is -3.42. The number of nitrogens with one attached hydrogen (secondary N) is 2. The van der Waals surface area contributed by atoms with Crippen molar-refractivity contribution in [2.24, 2.45) is 0 Å². The minimum absolute atomic E-state index is 0.339. The first-order valence-electron chi connectivity index (χ1n) is 6.78. The van der Waals surface area contributed by atoms with Gasteiger partial charge in [-0.1, -0.05) is 13.0 Å². The maximum atomic E-state index is 12.2. The molecule has 0 aliphatic carbocycles. The lowest BCUT2D eigenvalue weighted by atomic mass is 10.2. The average molecular weight is 325 g/mol. The Labute approximate surface area is 129 Å². The summed E-state index contributed by atoms with van der Waals surface area (Å²) in [6, 6.07) is 5.50. The Morgan fingerprint density at radius 3 is 2.95 bits per heavy atom. The molecule has 0 aliphatic rings. The summed E-state index contributed by atoms with van der Waals surface area (Å²) in [5.41, 5.74) is 1.01. The van der Waals surface area contributed by atoms with E-state index in [1.165, 1.54) is 11.3 Å². The molecule has 2 aromatic rings. The van der Waals surface area contributed by atoms with Crippen molar-refractivity contribution < 1.29 is 8.42 Å². The van der Waals surface area contributed by atoms with Crippen LogP contribution >= 0.6 is 11.3 Å². The van der Waals surface area contributed by atoms with Gasteiger partial charge < -0.3 is 5.32 Å². The van der Waals surface area contributed by atoms with Crippen LogP contribution in [0.5, 0.6) is 0 Å². The quantitative estimate of drug-likeness (QED) is 0.776. The number of sulfonamides is 1. The number of nitrogens with zero attached hydrogens (tertiary/aromatic N) is 1. The summed E-state index contributed by atoms with van der Waals surface area (Å²) < 4.78 is 27.0. The summed E-state index contributed by atoms with van der Waals surface area (Å²) in [4.78, 5) is 5.36. The van der Waals surface area contributed by atoms with Crippen LogP contribution in [0.15, 0.2) is 40.9 Å². The monoisotopic (exact) mass is 325 g/mol. The molecule has 0 unspecified atom stereocenters. The van der Waals surface area contributed by atoms with E-state index in [-0.39, 0.29) is 0 Å². The Bertz CT molecular complexity index is 654. The van der Waals surface area contributed by atoms with E-state index in [0.717, 1.165) is 17.0 Å². The van der Waals surface area contributed by atoms with Crippen LogP contribution in [-0.2, 0) is 23.0 Å². The van der Waals surface area contributed by atoms with Crippen molar-refractivity contribution in [1.82, 2.24) is 15.0 Å². The number of pyridine rings is 1. The zero-order chi connectivity index (χ0) is 15.1. The molecule has 0 saturated heterocycles. The molecule has 0 radical (unpaired) electrons. The Kier molecular flexibility index (Phi) is 5.86. The third kappa shape index (κ3) is 4.89. The fourth-order valence-electron chi connectivity index (χ4n) is 1.80. The van der Waals surface area contributed by atoms with Gasteiger partial charge >= 0.3 is 0 Å². The summed E-state index contributed by atoms with van der Waals surface area (Å²) in [5.74, 6) is 0. The van der Waals surface area contributed by atoms with E-state index in [0.29, 0.717) is 24.4 Å². The van der Waals surface area contributed by atoms with E-state index in [1.54, 1.807) is 23.8 Å². The van der Waals surface area contributed by atoms with Crippen LogP contribution in [0.25, 0.3) is 0 Å². The van der Waals surface area contributed by atoms with Crippen molar-refractivity contribution in [3.05, 3.63) is 46.4 Å². The molecule has 0 bridgehead atoms. The molecule has 0 fully saturated rings. The minimum Gasteiger partial charge on any atom is -0.312 e. The number of hydrogen-bond acceptors (Lipinski definition) is 5. The first-order valence-corrected chi connectivity index (χ1v) is 9.15. The van der Waals surface area contributed by atoms with Crippen LogP contribution in [0.2, 0.25) is 0 Å². The second-order valence-electron chi connectivity index (χ2n) is 4.54. The molecule has 0 saturated carbocycles. The van der Waals surface area contributed by atoms with Crippen molar-refractivity contribution in [1.29, 1.82) is 0 Å². The number of aromatic nitrogens is 1. The number of hydrogen-bond donors (Lipinski definition) is 2. The van der Waals surface area contributed by atoms with Crippen LogP contribution in [0.4, 0.5) is 0 Å². The third-order valence-corrected chi connectivity index (χ3v) is 5.44. The van der Waals surface area contributed by atoms with Gasteiger partial charge in [0.2, 0.25) is 10.0 Å². The molecule has 114 valence electrons. The lowest BCUT2D eigenvalue weighted by molar-refractivity contribution is 0.582. The van der Waals surface area contributed by atoms with Crippen LogP contribution in [-0.4, -0.2) is 26.5 Å². The molecular weight excluding hydrogens is 306 g/mol. The lowest BCUT2D eigenvalue weighted by Gasteiger charge is -2.04. The smallest absolute Gasteiger partial charge is 0.241 e. The van der Waals surface area contributed by atoms with Crippen molar-refractivity contribution in [3.63, 3.8) is 0 Å². The molecule has 0 aliphatic heterocycles. The second-order valence-corrected chi connectivity index (χ2v) is 7.30. The van der Waals surface area contributed by atoms with E-state index in [1.807, 2.05) is 19.1 Å². The van der Waals surface area contributed by atoms with Gasteiger partial charge in [0.1, 0.15) is 0 Å². The molecule has 21 heavy (non-hydrogen) atoms. The molecule has 7 heteroatoms. The molecular formula is C14H19N3O2S2. The maximum Gasteiger partial charge on any atom is 0.241 e. The predicted molar refractivity (Wildman–Crippen MR) is 84.8 cm³/mol. The summed E-state index contributed by atoms with van der Waals surface area (Å²) >= 11 is 1.45. The van der Waals surface area contributed by atoms with Crippen LogP contribution in [0.1, 0.15) is 17.4 Å². The Morgan fingerprint density at radius 1 is 1.38 bits per heavy atom. The van der Waals surface area contributed by atoms with E-state index < -0.39 is 10.0 Å². The largest absolute Gasteiger partial charge is 0.312 e. The highest BCUT2D eigenvalue weighted by Crippen LogP contribution is 2.19. The fraction of sp³-hybridized carbons (Fsp3) is 0.357. The van der Waals surface area contributed by atoms with Gasteiger partial charge in [-0.15, -0.1) is 11.3 Å². The van der Waals surface area contributed by atoms with Gasteiger partial charge in [0.05, 0.1) is 4.90 Å². The van der Waals surface area contributed by atoms with Crippen molar-refractivity contribution in [3.8, 4) is 0 Å². The Morgan fingerprint density at radius 2 is 2.24 bits per heavy atom. The van der Waals surface area contributed by atoms with Gasteiger partial charge in [-0.3, -0.25) is 4.98 Å². The SMILES string of the molecule is CCNCc1cc(S(=O)(=O)NCCc2cccnc2)cs1. The highest BCUT2D eigenvalue weighted by Gasteiger charge is 2.15. The van der Waals surface area contributed by atoms with Gasteiger partial charge in [-0.05, 0) is 30.7 Å². The van der Waals surface area contributed by atoms with Crippen LogP contribution < -0.4 is 10.0 Å². The fourth-order valence-corrected chi connectivity index (χ4v) is 4.08. The van der Waals surface area contributed by atoms with E-state index >= 15 is 0 Å². The van der Waals surface area contributed by atoms with Crippen LogP contribution in [0, 0.1) is 0 Å². The molecule has 0 amide bonds. The van der Waals surface area contributed by atoms with Crippen molar-refractivity contribution in [2.75, 3.05) is 13.1 Å². The van der Waals surface area contributed by atoms with Gasteiger partial charge in [0.25, 0.3) is 0 Å². The first-order chi connectivity index (χ1) is 10.1. The number of thiophene rings is 1. The molecule has 2 N–H and O–H groups in total. The lowest BCUT2D eigenvalue weighted by Crippen LogP contribution is -2.25. The van der Waals surface area contributed by atoms with E-state index in [9.17, 15) is 8.42 Å². The summed E-state index contributed by atoms with van der Waals surface area (Å²) in [6.45, 7) is 3.95. The van der Waals surface area contributed by atoms with Gasteiger partial charge in [0.15, 0.2) is 0 Å². The first kappa shape index (κ1) is 16.1. The molecule has 0 atom stereocenters. The molecule has 2 heterocycles. The molecule has 5 nitrogen and oxygen atoms in total. The predicted octanol–water partition coefficient (Wildman–Crippen LogP) is 1.77. The van der Waals surface area contributed by atoms with Crippen molar-refractivity contribution >= 4 is 21.4 Å². The maximum absolute atomic E-state index is 12.2. The molecule has 2 aromatic heterocycles. The van der Waals surface area contributed by atoms with Gasteiger partial charge in [-0.2, -0.15) is 0 Å². The van der Waals surface area contributed by atoms with Gasteiger partial charge in [-0.25, -0.2) is 13.1 Å². The highest BCUT2D eigenvalue weighted by atomic mass is 32.2. The summed E-state index contributed by atoms with van der Waals surface area (Å²) in [5, 5.41) is 4.86. The Balaban J connectivity index is 1.90. The van der Waals surface area contributed by atoms with E-state index in [4.69, 9.17) is 0 Å². The highest BCUT2D eigenvalue weighted by molar-refractivity contribution is 7.89. The Hall–Kier alpha value is -1.28. The molecule has 0 spiro atoms. The standard InChI is InChI=1S/C14H19N3O2S2/c1-2-15-10-13-8-14(11-20-13)21(18,19)17-7-5-12-4-3-6-16-9-12/h3-4,6,8-9,11,15,17H,2,5,7,10H2,1H3. The summed E-state index contributed by atoms with van der Waals surface area (Å²) in [6.07, 6.45) is 4.07. The minimum atomic E-state index is -3.42. The topological polar surface area (TPSA) is 71.1 Å². The third-order valence-electron chi connectivity index (χ3n) is 2.92. The second kappa shape index (κ2) is 7.65. The average Bonchev–Trinajstić information content (AvgIpc) is 2.96. The number of rotatable bonds is 8. The zero-order valence-corrected chi connectivity index (χ0v) is 13.5. The van der Waals surface area contributed by atoms with Crippen molar-refractivity contribution in [2.45, 2.75) is 24.8 Å².